The molecule has 1 aliphatic rings. The zero-order valence-electron chi connectivity index (χ0n) is 18.5. The molecule has 0 aliphatic carbocycles. The molecule has 0 bridgehead atoms. The second-order valence-corrected chi connectivity index (χ2v) is 8.05. The molecule has 14 heteroatoms. The quantitative estimate of drug-likeness (QED) is 0.598. The van der Waals surface area contributed by atoms with Gasteiger partial charge in [-0.15, -0.1) is 0 Å². The molecule has 0 radical (unpaired) electrons. The molecule has 3 heterocycles. The number of hydrogen-bond acceptors (Lipinski definition) is 6. The third-order valence-corrected chi connectivity index (χ3v) is 5.97. The highest BCUT2D eigenvalue weighted by Gasteiger charge is 2.66. The van der Waals surface area contributed by atoms with E-state index in [-0.39, 0.29) is 16.9 Å². The number of ether oxygens (including phenoxy) is 2. The van der Waals surface area contributed by atoms with Crippen molar-refractivity contribution in [1.82, 2.24) is 9.97 Å². The SMILES string of the molecule is COc1cc(C(F)(F)F)ncc1[C@@H]1[C@@H](C(=O)Nc2ccnc(C(N)=O)c2)O[C@](C)(C(F)(F)F)[C@H]1C. The molecule has 2 aromatic heterocycles. The first-order chi connectivity index (χ1) is 16.1. The molecule has 3 rings (SSSR count). The molecule has 2 aromatic rings. The number of primary amides is 1. The van der Waals surface area contributed by atoms with Crippen LogP contribution in [-0.4, -0.2) is 46.8 Å². The maximum Gasteiger partial charge on any atom is 0.433 e. The molecule has 3 N–H and O–H groups in total. The van der Waals surface area contributed by atoms with Gasteiger partial charge in [0.2, 0.25) is 0 Å². The molecule has 4 atom stereocenters. The lowest BCUT2D eigenvalue weighted by Gasteiger charge is -2.31. The average molecular weight is 506 g/mol. The van der Waals surface area contributed by atoms with Crippen LogP contribution < -0.4 is 15.8 Å². The molecule has 1 aliphatic heterocycles. The number of nitrogens with one attached hydrogen (secondary N) is 1. The molecule has 190 valence electrons. The number of nitrogens with two attached hydrogens (primary N) is 1. The Morgan fingerprint density at radius 1 is 1.17 bits per heavy atom. The van der Waals surface area contributed by atoms with Crippen molar-refractivity contribution in [2.75, 3.05) is 12.4 Å². The van der Waals surface area contributed by atoms with Crippen LogP contribution >= 0.6 is 0 Å². The van der Waals surface area contributed by atoms with Crippen molar-refractivity contribution in [2.45, 2.75) is 43.8 Å². The zero-order chi connectivity index (χ0) is 26.3. The number of carbonyl (C=O) groups excluding carboxylic acids is 2. The molecule has 0 aromatic carbocycles. The van der Waals surface area contributed by atoms with Gasteiger partial charge in [-0.3, -0.25) is 19.6 Å². The van der Waals surface area contributed by atoms with E-state index in [2.05, 4.69) is 15.3 Å². The third-order valence-electron chi connectivity index (χ3n) is 5.97. The van der Waals surface area contributed by atoms with Crippen molar-refractivity contribution in [3.8, 4) is 5.75 Å². The Labute approximate surface area is 194 Å². The van der Waals surface area contributed by atoms with E-state index in [0.29, 0.717) is 6.07 Å². The van der Waals surface area contributed by atoms with Crippen LogP contribution in [0.15, 0.2) is 30.6 Å². The van der Waals surface area contributed by atoms with Crippen molar-refractivity contribution >= 4 is 17.5 Å². The van der Waals surface area contributed by atoms with Crippen LogP contribution in [0.3, 0.4) is 0 Å². The van der Waals surface area contributed by atoms with Gasteiger partial charge in [-0.05, 0) is 19.1 Å². The van der Waals surface area contributed by atoms with E-state index in [0.717, 1.165) is 32.5 Å². The number of alkyl halides is 6. The normalized spacial score (nSPS) is 24.8. The van der Waals surface area contributed by atoms with Gasteiger partial charge >= 0.3 is 12.4 Å². The van der Waals surface area contributed by atoms with Crippen molar-refractivity contribution in [2.24, 2.45) is 11.7 Å². The summed E-state index contributed by atoms with van der Waals surface area (Å²) in [5.74, 6) is -5.20. The Bertz CT molecular complexity index is 1140. The van der Waals surface area contributed by atoms with Gasteiger partial charge in [0.05, 0.1) is 7.11 Å². The number of halogens is 6. The van der Waals surface area contributed by atoms with Gasteiger partial charge in [0.15, 0.2) is 5.60 Å². The summed E-state index contributed by atoms with van der Waals surface area (Å²) in [6, 6.07) is 2.92. The predicted molar refractivity (Wildman–Crippen MR) is 108 cm³/mol. The van der Waals surface area contributed by atoms with Crippen LogP contribution in [0.25, 0.3) is 0 Å². The van der Waals surface area contributed by atoms with Crippen molar-refractivity contribution < 1.29 is 45.4 Å². The highest BCUT2D eigenvalue weighted by atomic mass is 19.4. The summed E-state index contributed by atoms with van der Waals surface area (Å²) in [5.41, 5.74) is 0.602. The monoisotopic (exact) mass is 506 g/mol. The maximum atomic E-state index is 14.0. The number of hydrogen-bond donors (Lipinski definition) is 2. The molecule has 0 unspecified atom stereocenters. The van der Waals surface area contributed by atoms with Crippen molar-refractivity contribution in [3.63, 3.8) is 0 Å². The number of methoxy groups -OCH3 is 1. The maximum absolute atomic E-state index is 14.0. The smallest absolute Gasteiger partial charge is 0.433 e. The van der Waals surface area contributed by atoms with Crippen LogP contribution in [0.4, 0.5) is 32.0 Å². The molecule has 35 heavy (non-hydrogen) atoms. The van der Waals surface area contributed by atoms with E-state index in [1.54, 1.807) is 0 Å². The van der Waals surface area contributed by atoms with Gasteiger partial charge in [-0.2, -0.15) is 26.3 Å². The molecule has 2 amide bonds. The molecule has 0 saturated carbocycles. The Morgan fingerprint density at radius 3 is 2.37 bits per heavy atom. The molecular weight excluding hydrogens is 486 g/mol. The Kier molecular flexibility index (Phi) is 6.72. The molecule has 1 saturated heterocycles. The van der Waals surface area contributed by atoms with Crippen LogP contribution in [0, 0.1) is 5.92 Å². The van der Waals surface area contributed by atoms with E-state index >= 15 is 0 Å². The number of carbonyl (C=O) groups is 2. The molecule has 0 spiro atoms. The van der Waals surface area contributed by atoms with E-state index < -0.39 is 59.2 Å². The van der Waals surface area contributed by atoms with Crippen LogP contribution in [0.2, 0.25) is 0 Å². The lowest BCUT2D eigenvalue weighted by Crippen LogP contribution is -2.47. The van der Waals surface area contributed by atoms with Gasteiger partial charge in [-0.1, -0.05) is 6.92 Å². The van der Waals surface area contributed by atoms with Gasteiger partial charge in [0, 0.05) is 41.5 Å². The van der Waals surface area contributed by atoms with Crippen LogP contribution in [0.1, 0.15) is 41.5 Å². The number of pyridine rings is 2. The highest BCUT2D eigenvalue weighted by molar-refractivity contribution is 5.97. The van der Waals surface area contributed by atoms with Crippen LogP contribution in [0.5, 0.6) is 5.75 Å². The summed E-state index contributed by atoms with van der Waals surface area (Å²) in [5, 5.41) is 2.34. The fraction of sp³-hybridized carbons (Fsp3) is 0.429. The summed E-state index contributed by atoms with van der Waals surface area (Å²) >= 11 is 0. The number of rotatable bonds is 5. The topological polar surface area (TPSA) is 116 Å². The molecule has 1 fully saturated rings. The second-order valence-electron chi connectivity index (χ2n) is 8.05. The minimum Gasteiger partial charge on any atom is -0.496 e. The summed E-state index contributed by atoms with van der Waals surface area (Å²) in [6.07, 6.45) is -9.70. The highest BCUT2D eigenvalue weighted by Crippen LogP contribution is 2.54. The Morgan fingerprint density at radius 2 is 1.83 bits per heavy atom. The Hall–Kier alpha value is -3.42. The minimum atomic E-state index is -4.93. The lowest BCUT2D eigenvalue weighted by atomic mass is 9.77. The van der Waals surface area contributed by atoms with E-state index in [1.165, 1.54) is 13.0 Å². The third kappa shape index (κ3) is 4.88. The first-order valence-electron chi connectivity index (χ1n) is 10.0. The van der Waals surface area contributed by atoms with Gasteiger partial charge in [0.1, 0.15) is 23.2 Å². The van der Waals surface area contributed by atoms with Gasteiger partial charge in [-0.25, -0.2) is 0 Å². The van der Waals surface area contributed by atoms with Crippen LogP contribution in [-0.2, 0) is 15.7 Å². The predicted octanol–water partition coefficient (Wildman–Crippen LogP) is 3.68. The summed E-state index contributed by atoms with van der Waals surface area (Å²) < 4.78 is 91.5. The second kappa shape index (κ2) is 8.98. The number of aromatic nitrogens is 2. The summed E-state index contributed by atoms with van der Waals surface area (Å²) in [7, 11) is 1.04. The fourth-order valence-corrected chi connectivity index (χ4v) is 3.91. The number of amides is 2. The fourth-order valence-electron chi connectivity index (χ4n) is 3.91. The van der Waals surface area contributed by atoms with E-state index in [9.17, 15) is 35.9 Å². The lowest BCUT2D eigenvalue weighted by molar-refractivity contribution is -0.272. The van der Waals surface area contributed by atoms with Crippen molar-refractivity contribution in [3.05, 3.63) is 47.5 Å². The first-order valence-corrected chi connectivity index (χ1v) is 10.0. The number of nitrogens with zero attached hydrogens (tertiary/aromatic N) is 2. The summed E-state index contributed by atoms with van der Waals surface area (Å²) in [6.45, 7) is 1.92. The standard InChI is InChI=1S/C21H20F6N4O4/c1-9-15(11-8-30-14(20(22,23)24)7-13(11)34-3)16(35-19(9,2)21(25,26)27)18(33)31-10-4-5-29-12(6-10)17(28)32/h4-9,15-16H,1-3H3,(H2,28,32)(H,29,31,33)/t9-,15+,16-,19-/m0/s1. The first kappa shape index (κ1) is 26.2. The van der Waals surface area contributed by atoms with Gasteiger partial charge in [0.25, 0.3) is 11.8 Å². The zero-order valence-corrected chi connectivity index (χ0v) is 18.5. The molecular formula is C21H20F6N4O4. The minimum absolute atomic E-state index is 0.00748. The average Bonchev–Trinajstić information content (AvgIpc) is 3.04. The molecule has 8 nitrogen and oxygen atoms in total. The van der Waals surface area contributed by atoms with E-state index in [1.807, 2.05) is 0 Å². The largest absolute Gasteiger partial charge is 0.496 e. The summed E-state index contributed by atoms with van der Waals surface area (Å²) in [4.78, 5) is 31.4. The van der Waals surface area contributed by atoms with E-state index in [4.69, 9.17) is 15.2 Å². The van der Waals surface area contributed by atoms with Gasteiger partial charge < -0.3 is 20.5 Å². The Balaban J connectivity index is 2.07. The number of anilines is 1. The van der Waals surface area contributed by atoms with Crippen molar-refractivity contribution in [1.29, 1.82) is 0 Å².